The third-order valence-electron chi connectivity index (χ3n) is 3.81. The first-order chi connectivity index (χ1) is 8.13. The average Bonchev–Trinajstić information content (AvgIpc) is 2.38. The highest BCUT2D eigenvalue weighted by Crippen LogP contribution is 2.28. The molecule has 0 nitrogen and oxygen atoms in total. The van der Waals surface area contributed by atoms with Crippen molar-refractivity contribution >= 4 is 0 Å². The van der Waals surface area contributed by atoms with Crippen LogP contribution in [0.15, 0.2) is 23.3 Å². The second-order valence-corrected chi connectivity index (χ2v) is 5.25. The van der Waals surface area contributed by atoms with Crippen molar-refractivity contribution in [3.05, 3.63) is 23.3 Å². The molecule has 0 aromatic carbocycles. The maximum absolute atomic E-state index is 2.39. The monoisotopic (exact) mass is 236 g/mol. The Balaban J connectivity index is 0.00000121. The van der Waals surface area contributed by atoms with E-state index in [4.69, 9.17) is 0 Å². The van der Waals surface area contributed by atoms with Crippen LogP contribution in [0.3, 0.4) is 0 Å². The van der Waals surface area contributed by atoms with E-state index < -0.39 is 0 Å². The molecule has 0 aliphatic heterocycles. The molecular formula is C17H32. The van der Waals surface area contributed by atoms with Crippen molar-refractivity contribution in [1.29, 1.82) is 0 Å². The lowest BCUT2D eigenvalue weighted by Crippen LogP contribution is -2.05. The minimum atomic E-state index is 0.795. The number of hydrogen-bond donors (Lipinski definition) is 0. The smallest absolute Gasteiger partial charge is 0.0228 e. The quantitative estimate of drug-likeness (QED) is 0.537. The highest BCUT2D eigenvalue weighted by atomic mass is 14.2. The lowest BCUT2D eigenvalue weighted by Gasteiger charge is -2.20. The van der Waals surface area contributed by atoms with E-state index in [0.29, 0.717) is 0 Å². The largest absolute Gasteiger partial charge is 0.0730 e. The molecule has 0 N–H and O–H groups in total. The molecule has 0 unspecified atom stereocenters. The first-order valence-corrected chi connectivity index (χ1v) is 7.49. The molecule has 1 rings (SSSR count). The van der Waals surface area contributed by atoms with Gasteiger partial charge in [-0.05, 0) is 38.0 Å². The molecule has 0 heterocycles. The average molecular weight is 236 g/mol. The molecule has 0 fully saturated rings. The standard InChI is InChI=1S/C15H26.C2H6/c1-5-12(2)6-9-14(4)15-10-7-13(3)8-11-15;1-2/h7,10,12,14H,5-6,8-9,11H2,1-4H3;1-2H3/t12-,14+;/m1./s1. The third kappa shape index (κ3) is 6.71. The van der Waals surface area contributed by atoms with Gasteiger partial charge in [0.05, 0.1) is 0 Å². The van der Waals surface area contributed by atoms with E-state index in [1.54, 1.807) is 5.57 Å². The fraction of sp³-hybridized carbons (Fsp3) is 0.765. The van der Waals surface area contributed by atoms with E-state index >= 15 is 0 Å². The Morgan fingerprint density at radius 3 is 2.18 bits per heavy atom. The SMILES string of the molecule is CC.CC[C@@H](C)CC[C@H](C)C1=CC=C(C)CC1. The molecule has 0 saturated carbocycles. The predicted octanol–water partition coefficient (Wildman–Crippen LogP) is 6.14. The highest BCUT2D eigenvalue weighted by molar-refractivity contribution is 5.24. The van der Waals surface area contributed by atoms with E-state index in [-0.39, 0.29) is 0 Å². The van der Waals surface area contributed by atoms with E-state index in [9.17, 15) is 0 Å². The summed E-state index contributed by atoms with van der Waals surface area (Å²) in [6.45, 7) is 13.3. The van der Waals surface area contributed by atoms with Crippen LogP contribution in [0.25, 0.3) is 0 Å². The van der Waals surface area contributed by atoms with Crippen molar-refractivity contribution in [3.63, 3.8) is 0 Å². The van der Waals surface area contributed by atoms with E-state index in [2.05, 4.69) is 39.8 Å². The topological polar surface area (TPSA) is 0 Å². The van der Waals surface area contributed by atoms with E-state index in [1.165, 1.54) is 37.7 Å². The molecule has 100 valence electrons. The molecule has 1 aliphatic rings. The van der Waals surface area contributed by atoms with Gasteiger partial charge in [-0.2, -0.15) is 0 Å². The Labute approximate surface area is 109 Å². The summed E-state index contributed by atoms with van der Waals surface area (Å²) in [6, 6.07) is 0. The van der Waals surface area contributed by atoms with Crippen LogP contribution in [0.5, 0.6) is 0 Å². The zero-order valence-electron chi connectivity index (χ0n) is 12.8. The molecule has 0 bridgehead atoms. The minimum absolute atomic E-state index is 0.795. The van der Waals surface area contributed by atoms with Crippen LogP contribution >= 0.6 is 0 Å². The summed E-state index contributed by atoms with van der Waals surface area (Å²) in [4.78, 5) is 0. The Morgan fingerprint density at radius 1 is 1.06 bits per heavy atom. The molecule has 0 radical (unpaired) electrons. The van der Waals surface area contributed by atoms with Crippen LogP contribution in [0.4, 0.5) is 0 Å². The van der Waals surface area contributed by atoms with Crippen LogP contribution < -0.4 is 0 Å². The molecule has 17 heavy (non-hydrogen) atoms. The summed E-state index contributed by atoms with van der Waals surface area (Å²) < 4.78 is 0. The Bertz CT molecular complexity index is 245. The van der Waals surface area contributed by atoms with Crippen molar-refractivity contribution in [2.45, 2.75) is 73.6 Å². The molecule has 0 heteroatoms. The lowest BCUT2D eigenvalue weighted by atomic mass is 9.86. The molecule has 2 atom stereocenters. The van der Waals surface area contributed by atoms with Gasteiger partial charge >= 0.3 is 0 Å². The summed E-state index contributed by atoms with van der Waals surface area (Å²) >= 11 is 0. The fourth-order valence-corrected chi connectivity index (χ4v) is 2.09. The molecule has 0 aromatic heterocycles. The Kier molecular flexibility index (Phi) is 9.21. The summed E-state index contributed by atoms with van der Waals surface area (Å²) in [6.07, 6.45) is 11.3. The van der Waals surface area contributed by atoms with E-state index in [1.807, 2.05) is 13.8 Å². The van der Waals surface area contributed by atoms with Crippen molar-refractivity contribution in [2.75, 3.05) is 0 Å². The molecule has 1 aliphatic carbocycles. The van der Waals surface area contributed by atoms with Gasteiger partial charge in [-0.15, -0.1) is 0 Å². The fourth-order valence-electron chi connectivity index (χ4n) is 2.09. The van der Waals surface area contributed by atoms with Gasteiger partial charge in [-0.25, -0.2) is 0 Å². The number of rotatable bonds is 5. The molecule has 0 aromatic rings. The normalized spacial score (nSPS) is 18.5. The van der Waals surface area contributed by atoms with Gasteiger partial charge in [0.1, 0.15) is 0 Å². The van der Waals surface area contributed by atoms with E-state index in [0.717, 1.165) is 11.8 Å². The second kappa shape index (κ2) is 9.50. The Morgan fingerprint density at radius 2 is 1.71 bits per heavy atom. The van der Waals surface area contributed by atoms with Crippen LogP contribution in [0, 0.1) is 11.8 Å². The molecule has 0 amide bonds. The van der Waals surface area contributed by atoms with Crippen molar-refractivity contribution in [2.24, 2.45) is 11.8 Å². The lowest BCUT2D eigenvalue weighted by molar-refractivity contribution is 0.445. The summed E-state index contributed by atoms with van der Waals surface area (Å²) in [5.74, 6) is 1.69. The maximum atomic E-state index is 2.39. The first kappa shape index (κ1) is 16.5. The van der Waals surface area contributed by atoms with Crippen molar-refractivity contribution < 1.29 is 0 Å². The molecule has 0 spiro atoms. The van der Waals surface area contributed by atoms with Crippen LogP contribution in [-0.2, 0) is 0 Å². The zero-order chi connectivity index (χ0) is 13.3. The molecular weight excluding hydrogens is 204 g/mol. The number of hydrogen-bond acceptors (Lipinski definition) is 0. The second-order valence-electron chi connectivity index (χ2n) is 5.25. The number of allylic oxidation sites excluding steroid dienone is 4. The van der Waals surface area contributed by atoms with Crippen LogP contribution in [0.1, 0.15) is 73.6 Å². The summed E-state index contributed by atoms with van der Waals surface area (Å²) in [7, 11) is 0. The van der Waals surface area contributed by atoms with Gasteiger partial charge in [-0.1, -0.05) is 70.8 Å². The van der Waals surface area contributed by atoms with Gasteiger partial charge < -0.3 is 0 Å². The highest BCUT2D eigenvalue weighted by Gasteiger charge is 2.12. The third-order valence-corrected chi connectivity index (χ3v) is 3.81. The summed E-state index contributed by atoms with van der Waals surface area (Å²) in [5, 5.41) is 0. The predicted molar refractivity (Wildman–Crippen MR) is 80.3 cm³/mol. The maximum Gasteiger partial charge on any atom is -0.0228 e. The van der Waals surface area contributed by atoms with Gasteiger partial charge in [0, 0.05) is 0 Å². The van der Waals surface area contributed by atoms with Crippen molar-refractivity contribution in [3.8, 4) is 0 Å². The first-order valence-electron chi connectivity index (χ1n) is 7.49. The van der Waals surface area contributed by atoms with Crippen molar-refractivity contribution in [1.82, 2.24) is 0 Å². The Hall–Kier alpha value is -0.520. The van der Waals surface area contributed by atoms with Crippen LogP contribution in [0.2, 0.25) is 0 Å². The van der Waals surface area contributed by atoms with Crippen LogP contribution in [-0.4, -0.2) is 0 Å². The van der Waals surface area contributed by atoms with Gasteiger partial charge in [0.15, 0.2) is 0 Å². The minimum Gasteiger partial charge on any atom is -0.0730 e. The van der Waals surface area contributed by atoms with Gasteiger partial charge in [0.25, 0.3) is 0 Å². The van der Waals surface area contributed by atoms with Gasteiger partial charge in [0.2, 0.25) is 0 Å². The van der Waals surface area contributed by atoms with Gasteiger partial charge in [-0.3, -0.25) is 0 Å². The summed E-state index contributed by atoms with van der Waals surface area (Å²) in [5.41, 5.74) is 3.21. The zero-order valence-corrected chi connectivity index (χ0v) is 12.8. The molecule has 0 saturated heterocycles.